The van der Waals surface area contributed by atoms with Crippen molar-refractivity contribution in [2.75, 3.05) is 14.2 Å². The van der Waals surface area contributed by atoms with Crippen molar-refractivity contribution in [1.29, 1.82) is 0 Å². The zero-order valence-corrected chi connectivity index (χ0v) is 24.0. The molecule has 212 valence electrons. The van der Waals surface area contributed by atoms with Gasteiger partial charge in [0.15, 0.2) is 0 Å². The van der Waals surface area contributed by atoms with E-state index in [1.54, 1.807) is 42.6 Å². The molecule has 2 atom stereocenters. The Labute approximate surface area is 244 Å². The molecule has 42 heavy (non-hydrogen) atoms. The van der Waals surface area contributed by atoms with Gasteiger partial charge in [-0.25, -0.2) is 18.0 Å². The van der Waals surface area contributed by atoms with Gasteiger partial charge in [0.25, 0.3) is 0 Å². The number of methoxy groups -OCH3 is 2. The maximum atomic E-state index is 14.9. The Balaban J connectivity index is 1.78. The van der Waals surface area contributed by atoms with E-state index in [0.717, 1.165) is 21.9 Å². The molecule has 9 heteroatoms. The topological polar surface area (TPSA) is 93.2 Å². The third kappa shape index (κ3) is 4.29. The number of hydrogen-bond acceptors (Lipinski definition) is 7. The average molecular weight is 581 g/mol. The minimum absolute atomic E-state index is 0.0519. The molecule has 0 saturated carbocycles. The lowest BCUT2D eigenvalue weighted by Crippen LogP contribution is -2.52. The lowest BCUT2D eigenvalue weighted by atomic mass is 9.87. The largest absolute Gasteiger partial charge is 0.466 e. The van der Waals surface area contributed by atoms with Gasteiger partial charge in [-0.05, 0) is 52.6 Å². The summed E-state index contributed by atoms with van der Waals surface area (Å²) < 4.78 is 41.5. The monoisotopic (exact) mass is 580 g/mol. The first-order valence-electron chi connectivity index (χ1n) is 13.3. The Bertz CT molecular complexity index is 1890. The Hall–Kier alpha value is -4.73. The number of aryl methyl sites for hydroxylation is 1. The van der Waals surface area contributed by atoms with Crippen molar-refractivity contribution >= 4 is 38.8 Å². The fourth-order valence-electron chi connectivity index (χ4n) is 5.80. The zero-order chi connectivity index (χ0) is 29.6. The summed E-state index contributed by atoms with van der Waals surface area (Å²) in [5.41, 5.74) is 2.62. The number of rotatable bonds is 5. The number of esters is 2. The molecule has 8 nitrogen and oxygen atoms in total. The third-order valence-electron chi connectivity index (χ3n) is 7.73. The molecule has 0 amide bonds. The van der Waals surface area contributed by atoms with Crippen LogP contribution in [0.1, 0.15) is 34.5 Å². The molecule has 0 aromatic heterocycles. The van der Waals surface area contributed by atoms with Crippen molar-refractivity contribution in [3.05, 3.63) is 131 Å². The first-order valence-corrected chi connectivity index (χ1v) is 14.8. The fraction of sp³-hybridized carbons (Fsp3) is 0.152. The van der Waals surface area contributed by atoms with Crippen LogP contribution in [0.4, 0.5) is 0 Å². The molecule has 0 N–H and O–H groups in total. The quantitative estimate of drug-likeness (QED) is 0.289. The van der Waals surface area contributed by atoms with Crippen molar-refractivity contribution in [3.63, 3.8) is 0 Å². The molecule has 0 bridgehead atoms. The van der Waals surface area contributed by atoms with E-state index >= 15 is 0 Å². The normalized spacial score (nSPS) is 18.4. The number of carbonyl (C=O) groups is 2. The highest BCUT2D eigenvalue weighted by atomic mass is 32.2. The molecule has 6 rings (SSSR count). The predicted molar refractivity (Wildman–Crippen MR) is 158 cm³/mol. The van der Waals surface area contributed by atoms with Crippen molar-refractivity contribution in [2.45, 2.75) is 24.0 Å². The number of sulfonamides is 1. The number of benzene rings is 4. The van der Waals surface area contributed by atoms with Gasteiger partial charge in [0.05, 0.1) is 30.7 Å². The molecule has 2 heterocycles. The van der Waals surface area contributed by atoms with Crippen LogP contribution in [-0.2, 0) is 29.1 Å². The molecular formula is C33H28N2O6S. The van der Waals surface area contributed by atoms with E-state index in [9.17, 15) is 18.0 Å². The molecule has 0 unspecified atom stereocenters. The van der Waals surface area contributed by atoms with E-state index in [2.05, 4.69) is 0 Å². The zero-order valence-electron chi connectivity index (χ0n) is 23.2. The van der Waals surface area contributed by atoms with Gasteiger partial charge in [-0.15, -0.1) is 0 Å². The second kappa shape index (κ2) is 10.6. The van der Waals surface area contributed by atoms with Crippen molar-refractivity contribution in [1.82, 2.24) is 9.21 Å². The van der Waals surface area contributed by atoms with Gasteiger partial charge in [-0.2, -0.15) is 4.31 Å². The minimum atomic E-state index is -4.32. The SMILES string of the molecule is COC(=O)C1=C(C(=O)OC)N2C=Cc3ccccc3[C@@H]2N(S(=O)(=O)c2ccc(C)cc2)[C@H]1c1cccc2ccccc12. The van der Waals surface area contributed by atoms with Crippen LogP contribution >= 0.6 is 0 Å². The predicted octanol–water partition coefficient (Wildman–Crippen LogP) is 5.48. The average Bonchev–Trinajstić information content (AvgIpc) is 3.02. The molecule has 0 saturated heterocycles. The van der Waals surface area contributed by atoms with Gasteiger partial charge in [0.1, 0.15) is 11.9 Å². The standard InChI is InChI=1S/C33H28N2O6S/c1-21-15-17-24(18-16-21)42(38,39)35-29(27-14-8-11-22-9-4-6-12-25(22)27)28(32(36)40-2)30(33(37)41-3)34-20-19-23-10-5-7-13-26(23)31(34)35/h4-20,29,31H,1-3H3/t29-,31-/m0/s1. The molecule has 2 aliphatic rings. The summed E-state index contributed by atoms with van der Waals surface area (Å²) in [6, 6.07) is 25.7. The van der Waals surface area contributed by atoms with Crippen molar-refractivity contribution < 1.29 is 27.5 Å². The smallest absolute Gasteiger partial charge is 0.355 e. The van der Waals surface area contributed by atoms with Crippen LogP contribution < -0.4 is 0 Å². The summed E-state index contributed by atoms with van der Waals surface area (Å²) in [6.45, 7) is 1.88. The van der Waals surface area contributed by atoms with Gasteiger partial charge in [-0.1, -0.05) is 84.4 Å². The highest BCUT2D eigenvalue weighted by molar-refractivity contribution is 7.89. The molecule has 0 spiro atoms. The van der Waals surface area contributed by atoms with Gasteiger partial charge < -0.3 is 14.4 Å². The second-order valence-electron chi connectivity index (χ2n) is 10.1. The molecule has 0 radical (unpaired) electrons. The summed E-state index contributed by atoms with van der Waals surface area (Å²) in [6.07, 6.45) is 2.36. The number of ether oxygens (including phenoxy) is 2. The second-order valence-corrected chi connectivity index (χ2v) is 11.9. The van der Waals surface area contributed by atoms with Gasteiger partial charge in [0, 0.05) is 6.20 Å². The fourth-order valence-corrected chi connectivity index (χ4v) is 7.50. The number of fused-ring (bicyclic) bond motifs is 4. The van der Waals surface area contributed by atoms with E-state index in [4.69, 9.17) is 9.47 Å². The molecule has 4 aromatic rings. The van der Waals surface area contributed by atoms with Gasteiger partial charge in [-0.3, -0.25) is 0 Å². The molecule has 4 aromatic carbocycles. The lowest BCUT2D eigenvalue weighted by molar-refractivity contribution is -0.142. The first-order chi connectivity index (χ1) is 20.3. The van der Waals surface area contributed by atoms with E-state index in [1.807, 2.05) is 67.6 Å². The van der Waals surface area contributed by atoms with Crippen molar-refractivity contribution in [3.8, 4) is 0 Å². The number of hydrogen-bond donors (Lipinski definition) is 0. The summed E-state index contributed by atoms with van der Waals surface area (Å²) >= 11 is 0. The number of carbonyl (C=O) groups excluding carboxylic acids is 2. The van der Waals surface area contributed by atoms with E-state index < -0.39 is 34.2 Å². The van der Waals surface area contributed by atoms with Gasteiger partial charge in [0.2, 0.25) is 10.0 Å². The third-order valence-corrected chi connectivity index (χ3v) is 9.57. The highest BCUT2D eigenvalue weighted by Crippen LogP contribution is 2.51. The summed E-state index contributed by atoms with van der Waals surface area (Å²) in [5.74, 6) is -1.63. The first kappa shape index (κ1) is 27.4. The Morgan fingerprint density at radius 3 is 2.14 bits per heavy atom. The van der Waals surface area contributed by atoms with E-state index in [1.165, 1.54) is 23.4 Å². The van der Waals surface area contributed by atoms with Crippen LogP contribution in [-0.4, -0.2) is 43.8 Å². The number of nitrogens with zero attached hydrogens (tertiary/aromatic N) is 2. The molecule has 2 aliphatic heterocycles. The molecule has 0 aliphatic carbocycles. The maximum absolute atomic E-state index is 14.9. The van der Waals surface area contributed by atoms with Crippen LogP contribution in [0.15, 0.2) is 113 Å². The van der Waals surface area contributed by atoms with E-state index in [0.29, 0.717) is 11.1 Å². The lowest BCUT2D eigenvalue weighted by Gasteiger charge is -2.49. The Morgan fingerprint density at radius 1 is 0.762 bits per heavy atom. The van der Waals surface area contributed by atoms with E-state index in [-0.39, 0.29) is 16.2 Å². The molecule has 0 fully saturated rings. The van der Waals surface area contributed by atoms with Crippen LogP contribution in [0.3, 0.4) is 0 Å². The van der Waals surface area contributed by atoms with Crippen molar-refractivity contribution in [2.24, 2.45) is 0 Å². The summed E-state index contributed by atoms with van der Waals surface area (Å²) in [4.78, 5) is 28.8. The van der Waals surface area contributed by atoms with Crippen LogP contribution in [0.25, 0.3) is 16.8 Å². The summed E-state index contributed by atoms with van der Waals surface area (Å²) in [5, 5.41) is 1.57. The minimum Gasteiger partial charge on any atom is -0.466 e. The molecular weight excluding hydrogens is 552 g/mol. The van der Waals surface area contributed by atoms with Crippen LogP contribution in [0.5, 0.6) is 0 Å². The Kier molecular flexibility index (Phi) is 6.92. The highest BCUT2D eigenvalue weighted by Gasteiger charge is 2.53. The van der Waals surface area contributed by atoms with Gasteiger partial charge >= 0.3 is 11.9 Å². The summed E-state index contributed by atoms with van der Waals surface area (Å²) in [7, 11) is -1.89. The Morgan fingerprint density at radius 2 is 1.40 bits per heavy atom. The van der Waals surface area contributed by atoms with Crippen LogP contribution in [0.2, 0.25) is 0 Å². The van der Waals surface area contributed by atoms with Crippen LogP contribution in [0, 0.1) is 6.92 Å². The maximum Gasteiger partial charge on any atom is 0.355 e.